The van der Waals surface area contributed by atoms with Gasteiger partial charge in [0.25, 0.3) is 0 Å². The van der Waals surface area contributed by atoms with Crippen LogP contribution in [0.25, 0.3) is 0 Å². The Labute approximate surface area is 54.0 Å². The lowest BCUT2D eigenvalue weighted by Crippen LogP contribution is -2.21. The predicted octanol–water partition coefficient (Wildman–Crippen LogP) is 1.13. The molecule has 46 valence electrons. The summed E-state index contributed by atoms with van der Waals surface area (Å²) in [5.41, 5.74) is 0. The summed E-state index contributed by atoms with van der Waals surface area (Å²) in [6, 6.07) is 0. The third-order valence-electron chi connectivity index (χ3n) is 2.43. The zero-order valence-corrected chi connectivity index (χ0v) is 5.03. The standard InChI is InChI=1S/C8H8O/c1-2-6-4-3-5(1)7-8(6)9-7/h1-8H/t5?,6?,7-,8+. The first-order valence-electron chi connectivity index (χ1n) is 3.47. The lowest BCUT2D eigenvalue weighted by molar-refractivity contribution is 0.354. The minimum absolute atomic E-state index is 0.560. The Balaban J connectivity index is 2.13. The van der Waals surface area contributed by atoms with Crippen LogP contribution in [-0.2, 0) is 4.74 Å². The van der Waals surface area contributed by atoms with Crippen LogP contribution < -0.4 is 0 Å². The Morgan fingerprint density at radius 1 is 0.778 bits per heavy atom. The molecule has 1 heteroatoms. The molecule has 0 aromatic rings. The van der Waals surface area contributed by atoms with Gasteiger partial charge in [0.05, 0.1) is 12.2 Å². The van der Waals surface area contributed by atoms with Crippen molar-refractivity contribution >= 4 is 0 Å². The second-order valence-electron chi connectivity index (χ2n) is 2.99. The molecule has 2 bridgehead atoms. The van der Waals surface area contributed by atoms with Crippen LogP contribution in [0.5, 0.6) is 0 Å². The van der Waals surface area contributed by atoms with E-state index in [1.54, 1.807) is 0 Å². The number of rotatable bonds is 0. The highest BCUT2D eigenvalue weighted by molar-refractivity contribution is 5.28. The molecule has 0 amide bonds. The first-order valence-corrected chi connectivity index (χ1v) is 3.47. The van der Waals surface area contributed by atoms with E-state index in [1.807, 2.05) is 0 Å². The van der Waals surface area contributed by atoms with E-state index in [0.717, 1.165) is 0 Å². The van der Waals surface area contributed by atoms with Gasteiger partial charge in [-0.1, -0.05) is 24.3 Å². The van der Waals surface area contributed by atoms with Crippen molar-refractivity contribution in [3.05, 3.63) is 24.3 Å². The Hall–Kier alpha value is -0.560. The second-order valence-corrected chi connectivity index (χ2v) is 2.99. The zero-order valence-electron chi connectivity index (χ0n) is 5.03. The molecule has 1 saturated heterocycles. The molecule has 3 aliphatic carbocycles. The van der Waals surface area contributed by atoms with Crippen LogP contribution in [0.3, 0.4) is 0 Å². The molecule has 0 aromatic carbocycles. The van der Waals surface area contributed by atoms with Crippen LogP contribution >= 0.6 is 0 Å². The molecule has 9 heavy (non-hydrogen) atoms. The van der Waals surface area contributed by atoms with Crippen molar-refractivity contribution in [2.45, 2.75) is 12.2 Å². The molecule has 1 heterocycles. The maximum absolute atomic E-state index is 5.44. The van der Waals surface area contributed by atoms with Gasteiger partial charge in [-0.2, -0.15) is 0 Å². The molecule has 4 aliphatic rings. The van der Waals surface area contributed by atoms with Crippen molar-refractivity contribution in [3.8, 4) is 0 Å². The van der Waals surface area contributed by atoms with Crippen molar-refractivity contribution in [1.82, 2.24) is 0 Å². The van der Waals surface area contributed by atoms with Gasteiger partial charge < -0.3 is 4.74 Å². The number of hydrogen-bond donors (Lipinski definition) is 0. The first kappa shape index (κ1) is 4.29. The molecule has 0 aromatic heterocycles. The zero-order chi connectivity index (χ0) is 5.84. The molecular formula is C8H8O. The summed E-state index contributed by atoms with van der Waals surface area (Å²) < 4.78 is 5.44. The fraction of sp³-hybridized carbons (Fsp3) is 0.500. The minimum Gasteiger partial charge on any atom is -0.368 e. The van der Waals surface area contributed by atoms with E-state index in [9.17, 15) is 0 Å². The quantitative estimate of drug-likeness (QED) is 0.345. The topological polar surface area (TPSA) is 12.5 Å². The average Bonchev–Trinajstić information content (AvgIpc) is 2.68. The van der Waals surface area contributed by atoms with Crippen molar-refractivity contribution in [2.24, 2.45) is 11.8 Å². The molecule has 0 radical (unpaired) electrons. The number of ether oxygens (including phenoxy) is 1. The lowest BCUT2D eigenvalue weighted by atomic mass is 9.82. The Morgan fingerprint density at radius 2 is 1.22 bits per heavy atom. The van der Waals surface area contributed by atoms with Crippen LogP contribution in [0.2, 0.25) is 0 Å². The van der Waals surface area contributed by atoms with E-state index in [-0.39, 0.29) is 0 Å². The lowest BCUT2D eigenvalue weighted by Gasteiger charge is -2.18. The molecule has 1 aliphatic heterocycles. The second kappa shape index (κ2) is 1.14. The van der Waals surface area contributed by atoms with Gasteiger partial charge in [-0.25, -0.2) is 0 Å². The molecule has 2 atom stereocenters. The van der Waals surface area contributed by atoms with Gasteiger partial charge in [-0.3, -0.25) is 0 Å². The van der Waals surface area contributed by atoms with E-state index in [4.69, 9.17) is 4.74 Å². The van der Waals surface area contributed by atoms with E-state index in [0.29, 0.717) is 24.0 Å². The van der Waals surface area contributed by atoms with Gasteiger partial charge in [-0.15, -0.1) is 0 Å². The molecule has 0 N–H and O–H groups in total. The van der Waals surface area contributed by atoms with Crippen LogP contribution in [0.1, 0.15) is 0 Å². The summed E-state index contributed by atoms with van der Waals surface area (Å²) >= 11 is 0. The van der Waals surface area contributed by atoms with Crippen molar-refractivity contribution in [2.75, 3.05) is 0 Å². The number of hydrogen-bond acceptors (Lipinski definition) is 1. The third-order valence-corrected chi connectivity index (χ3v) is 2.43. The van der Waals surface area contributed by atoms with Crippen molar-refractivity contribution < 1.29 is 4.74 Å². The summed E-state index contributed by atoms with van der Waals surface area (Å²) in [5.74, 6) is 1.22. The summed E-state index contributed by atoms with van der Waals surface area (Å²) in [5, 5.41) is 0. The van der Waals surface area contributed by atoms with Crippen LogP contribution in [-0.4, -0.2) is 12.2 Å². The van der Waals surface area contributed by atoms with Crippen molar-refractivity contribution in [3.63, 3.8) is 0 Å². The molecule has 1 nitrogen and oxygen atoms in total. The largest absolute Gasteiger partial charge is 0.368 e. The van der Waals surface area contributed by atoms with Crippen molar-refractivity contribution in [1.29, 1.82) is 0 Å². The fourth-order valence-corrected chi connectivity index (χ4v) is 1.84. The first-order chi connectivity index (χ1) is 4.45. The molecule has 0 saturated carbocycles. The summed E-state index contributed by atoms with van der Waals surface area (Å²) in [4.78, 5) is 0. The monoisotopic (exact) mass is 120 g/mol. The molecule has 1 fully saturated rings. The van der Waals surface area contributed by atoms with E-state index < -0.39 is 0 Å². The van der Waals surface area contributed by atoms with E-state index in [2.05, 4.69) is 24.3 Å². The Morgan fingerprint density at radius 3 is 1.56 bits per heavy atom. The highest BCUT2D eigenvalue weighted by atomic mass is 16.6. The summed E-state index contributed by atoms with van der Waals surface area (Å²) in [6.07, 6.45) is 10.2. The fourth-order valence-electron chi connectivity index (χ4n) is 1.84. The van der Waals surface area contributed by atoms with Gasteiger partial charge in [-0.05, 0) is 0 Å². The highest BCUT2D eigenvalue weighted by Crippen LogP contribution is 2.45. The minimum atomic E-state index is 0.560. The molecular weight excluding hydrogens is 112 g/mol. The maximum Gasteiger partial charge on any atom is 0.0948 e. The van der Waals surface area contributed by atoms with Gasteiger partial charge in [0.15, 0.2) is 0 Å². The Kier molecular flexibility index (Phi) is 0.544. The van der Waals surface area contributed by atoms with Gasteiger partial charge in [0, 0.05) is 11.8 Å². The van der Waals surface area contributed by atoms with Gasteiger partial charge in [0.2, 0.25) is 0 Å². The summed E-state index contributed by atoms with van der Waals surface area (Å²) in [7, 11) is 0. The van der Waals surface area contributed by atoms with Crippen LogP contribution in [0.4, 0.5) is 0 Å². The SMILES string of the molecule is C1=CC2C=CC1[C@H]1O[C@@H]21. The van der Waals surface area contributed by atoms with Gasteiger partial charge in [0.1, 0.15) is 0 Å². The smallest absolute Gasteiger partial charge is 0.0948 e. The molecule has 0 unspecified atom stereocenters. The van der Waals surface area contributed by atoms with Crippen LogP contribution in [0, 0.1) is 11.8 Å². The predicted molar refractivity (Wildman–Crippen MR) is 33.9 cm³/mol. The maximum atomic E-state index is 5.44. The van der Waals surface area contributed by atoms with Gasteiger partial charge >= 0.3 is 0 Å². The Bertz CT molecular complexity index is 171. The van der Waals surface area contributed by atoms with E-state index in [1.165, 1.54) is 0 Å². The molecule has 0 spiro atoms. The number of epoxide rings is 1. The third kappa shape index (κ3) is 0.401. The summed E-state index contributed by atoms with van der Waals surface area (Å²) in [6.45, 7) is 0. The highest BCUT2D eigenvalue weighted by Gasteiger charge is 2.51. The molecule has 4 rings (SSSR count). The van der Waals surface area contributed by atoms with E-state index >= 15 is 0 Å². The average molecular weight is 120 g/mol. The normalized spacial score (nSPS) is 57.8. The van der Waals surface area contributed by atoms with Crippen LogP contribution in [0.15, 0.2) is 24.3 Å².